The second-order valence-electron chi connectivity index (χ2n) is 4.63. The summed E-state index contributed by atoms with van der Waals surface area (Å²) in [4.78, 5) is 12.1. The first-order valence-electron chi connectivity index (χ1n) is 6.86. The Hall–Kier alpha value is -2.80. The van der Waals surface area contributed by atoms with Crippen LogP contribution in [-0.4, -0.2) is 6.03 Å². The highest BCUT2D eigenvalue weighted by Crippen LogP contribution is 2.17. The molecule has 2 N–H and O–H groups in total. The Morgan fingerprint density at radius 1 is 1.14 bits per heavy atom. The predicted molar refractivity (Wildman–Crippen MR) is 82.8 cm³/mol. The van der Waals surface area contributed by atoms with E-state index in [1.54, 1.807) is 24.3 Å². The van der Waals surface area contributed by atoms with E-state index in [9.17, 15) is 4.79 Å². The van der Waals surface area contributed by atoms with E-state index in [0.717, 1.165) is 12.0 Å². The number of urea groups is 1. The van der Waals surface area contributed by atoms with Crippen LogP contribution < -0.4 is 10.6 Å². The number of hydrogen-bond acceptors (Lipinski definition) is 2. The van der Waals surface area contributed by atoms with Gasteiger partial charge in [-0.2, -0.15) is 5.26 Å². The predicted octanol–water partition coefficient (Wildman–Crippen LogP) is 3.83. The normalized spacial score (nSPS) is 11.2. The van der Waals surface area contributed by atoms with Crippen molar-refractivity contribution in [1.82, 2.24) is 5.32 Å². The molecule has 0 bridgehead atoms. The molecular weight excluding hydrogens is 262 g/mol. The molecule has 2 aromatic carbocycles. The molecule has 4 nitrogen and oxygen atoms in total. The van der Waals surface area contributed by atoms with Gasteiger partial charge < -0.3 is 10.6 Å². The molecule has 21 heavy (non-hydrogen) atoms. The van der Waals surface area contributed by atoms with Gasteiger partial charge in [0.15, 0.2) is 0 Å². The molecule has 2 rings (SSSR count). The highest BCUT2D eigenvalue weighted by Gasteiger charge is 2.13. The van der Waals surface area contributed by atoms with Gasteiger partial charge >= 0.3 is 6.03 Å². The highest BCUT2D eigenvalue weighted by atomic mass is 16.2. The van der Waals surface area contributed by atoms with E-state index >= 15 is 0 Å². The van der Waals surface area contributed by atoms with Crippen LogP contribution >= 0.6 is 0 Å². The molecule has 0 aliphatic carbocycles. The SMILES string of the molecule is CCC(NC(=O)Nc1ccccc1C#N)c1ccccc1. The first-order chi connectivity index (χ1) is 10.2. The van der Waals surface area contributed by atoms with Crippen LogP contribution in [0.15, 0.2) is 54.6 Å². The summed E-state index contributed by atoms with van der Waals surface area (Å²) in [5.41, 5.74) is 2.02. The fourth-order valence-corrected chi connectivity index (χ4v) is 2.11. The van der Waals surface area contributed by atoms with Crippen molar-refractivity contribution in [3.05, 3.63) is 65.7 Å². The summed E-state index contributed by atoms with van der Waals surface area (Å²) in [7, 11) is 0. The zero-order valence-electron chi connectivity index (χ0n) is 11.8. The number of nitrogens with one attached hydrogen (secondary N) is 2. The Kier molecular flexibility index (Phi) is 4.94. The smallest absolute Gasteiger partial charge is 0.319 e. The van der Waals surface area contributed by atoms with E-state index in [1.165, 1.54) is 0 Å². The number of hydrogen-bond donors (Lipinski definition) is 2. The Labute approximate surface area is 124 Å². The summed E-state index contributed by atoms with van der Waals surface area (Å²) in [5, 5.41) is 14.7. The van der Waals surface area contributed by atoms with Crippen LogP contribution in [-0.2, 0) is 0 Å². The molecule has 0 spiro atoms. The van der Waals surface area contributed by atoms with Crippen molar-refractivity contribution in [3.8, 4) is 6.07 Å². The number of carbonyl (C=O) groups excluding carboxylic acids is 1. The van der Waals surface area contributed by atoms with Gasteiger partial charge in [0.05, 0.1) is 17.3 Å². The van der Waals surface area contributed by atoms with Crippen molar-refractivity contribution in [2.24, 2.45) is 0 Å². The second-order valence-corrected chi connectivity index (χ2v) is 4.63. The zero-order valence-corrected chi connectivity index (χ0v) is 11.8. The third-order valence-electron chi connectivity index (χ3n) is 3.21. The number of amides is 2. The highest BCUT2D eigenvalue weighted by molar-refractivity contribution is 5.91. The number of carbonyl (C=O) groups is 1. The molecule has 0 saturated carbocycles. The van der Waals surface area contributed by atoms with Crippen molar-refractivity contribution in [3.63, 3.8) is 0 Å². The summed E-state index contributed by atoms with van der Waals surface area (Å²) in [6.07, 6.45) is 0.789. The average Bonchev–Trinajstić information content (AvgIpc) is 2.54. The third kappa shape index (κ3) is 3.83. The number of anilines is 1. The molecular formula is C17H17N3O. The largest absolute Gasteiger partial charge is 0.331 e. The standard InChI is InChI=1S/C17H17N3O/c1-2-15(13-8-4-3-5-9-13)19-17(21)20-16-11-7-6-10-14(16)12-18/h3-11,15H,2H2,1H3,(H2,19,20,21). The number of para-hydroxylation sites is 1. The minimum absolute atomic E-state index is 0.0551. The maximum absolute atomic E-state index is 12.1. The van der Waals surface area contributed by atoms with Gasteiger partial charge in [-0.05, 0) is 24.1 Å². The first-order valence-corrected chi connectivity index (χ1v) is 6.86. The van der Waals surface area contributed by atoms with Crippen LogP contribution in [0, 0.1) is 11.3 Å². The van der Waals surface area contributed by atoms with Gasteiger partial charge in [-0.1, -0.05) is 49.4 Å². The molecule has 2 aromatic rings. The monoisotopic (exact) mass is 279 g/mol. The molecule has 0 aromatic heterocycles. The van der Waals surface area contributed by atoms with Crippen LogP contribution in [0.3, 0.4) is 0 Å². The van der Waals surface area contributed by atoms with Gasteiger partial charge in [-0.25, -0.2) is 4.79 Å². The van der Waals surface area contributed by atoms with E-state index in [4.69, 9.17) is 5.26 Å². The van der Waals surface area contributed by atoms with Crippen LogP contribution in [0.1, 0.15) is 30.5 Å². The van der Waals surface area contributed by atoms with Crippen molar-refractivity contribution in [1.29, 1.82) is 5.26 Å². The second kappa shape index (κ2) is 7.11. The van der Waals surface area contributed by atoms with Gasteiger partial charge in [-0.15, -0.1) is 0 Å². The number of nitrogens with zero attached hydrogens (tertiary/aromatic N) is 1. The summed E-state index contributed by atoms with van der Waals surface area (Å²) < 4.78 is 0. The summed E-state index contributed by atoms with van der Waals surface area (Å²) in [6, 6.07) is 18.4. The lowest BCUT2D eigenvalue weighted by Gasteiger charge is -2.18. The van der Waals surface area contributed by atoms with Gasteiger partial charge in [0.1, 0.15) is 6.07 Å². The van der Waals surface area contributed by atoms with E-state index in [2.05, 4.69) is 16.7 Å². The van der Waals surface area contributed by atoms with E-state index in [1.807, 2.05) is 37.3 Å². The first kappa shape index (κ1) is 14.6. The van der Waals surface area contributed by atoms with E-state index in [-0.39, 0.29) is 12.1 Å². The molecule has 0 aliphatic rings. The van der Waals surface area contributed by atoms with Crippen molar-refractivity contribution in [2.75, 3.05) is 5.32 Å². The van der Waals surface area contributed by atoms with Crippen molar-refractivity contribution in [2.45, 2.75) is 19.4 Å². The van der Waals surface area contributed by atoms with Crippen LogP contribution in [0.4, 0.5) is 10.5 Å². The Morgan fingerprint density at radius 3 is 2.48 bits per heavy atom. The average molecular weight is 279 g/mol. The molecule has 0 aliphatic heterocycles. The fourth-order valence-electron chi connectivity index (χ4n) is 2.11. The molecule has 0 heterocycles. The fraction of sp³-hybridized carbons (Fsp3) is 0.176. The Balaban J connectivity index is 2.06. The molecule has 1 atom stereocenters. The van der Waals surface area contributed by atoms with Crippen LogP contribution in [0.2, 0.25) is 0 Å². The molecule has 0 radical (unpaired) electrons. The van der Waals surface area contributed by atoms with Gasteiger partial charge in [-0.3, -0.25) is 0 Å². The van der Waals surface area contributed by atoms with Gasteiger partial charge in [0, 0.05) is 0 Å². The maximum Gasteiger partial charge on any atom is 0.319 e. The van der Waals surface area contributed by atoms with Crippen molar-refractivity contribution < 1.29 is 4.79 Å². The zero-order chi connectivity index (χ0) is 15.1. The summed E-state index contributed by atoms with van der Waals surface area (Å²) >= 11 is 0. The third-order valence-corrected chi connectivity index (χ3v) is 3.21. The van der Waals surface area contributed by atoms with Crippen molar-refractivity contribution >= 4 is 11.7 Å². The van der Waals surface area contributed by atoms with E-state index < -0.39 is 0 Å². The summed E-state index contributed by atoms with van der Waals surface area (Å²) in [6.45, 7) is 2.02. The lowest BCUT2D eigenvalue weighted by Crippen LogP contribution is -2.32. The lowest BCUT2D eigenvalue weighted by molar-refractivity contribution is 0.248. The minimum Gasteiger partial charge on any atom is -0.331 e. The van der Waals surface area contributed by atoms with Gasteiger partial charge in [0.25, 0.3) is 0 Å². The maximum atomic E-state index is 12.1. The number of benzene rings is 2. The quantitative estimate of drug-likeness (QED) is 0.893. The molecule has 2 amide bonds. The topological polar surface area (TPSA) is 64.9 Å². The van der Waals surface area contributed by atoms with E-state index in [0.29, 0.717) is 11.3 Å². The lowest BCUT2D eigenvalue weighted by atomic mass is 10.1. The van der Waals surface area contributed by atoms with Gasteiger partial charge in [0.2, 0.25) is 0 Å². The molecule has 106 valence electrons. The molecule has 4 heteroatoms. The molecule has 0 saturated heterocycles. The van der Waals surface area contributed by atoms with Crippen LogP contribution in [0.5, 0.6) is 0 Å². The minimum atomic E-state index is -0.312. The summed E-state index contributed by atoms with van der Waals surface area (Å²) in [5.74, 6) is 0. The Morgan fingerprint density at radius 2 is 1.81 bits per heavy atom. The van der Waals surface area contributed by atoms with Crippen LogP contribution in [0.25, 0.3) is 0 Å². The Bertz CT molecular complexity index is 647. The molecule has 1 unspecified atom stereocenters. The number of nitriles is 1. The number of rotatable bonds is 4. The molecule has 0 fully saturated rings.